The van der Waals surface area contributed by atoms with Gasteiger partial charge in [0.05, 0.1) is 14.5 Å². The Balaban J connectivity index is 2.53. The molecule has 0 atom stereocenters. The van der Waals surface area contributed by atoms with Crippen molar-refractivity contribution in [2.75, 3.05) is 11.4 Å². The monoisotopic (exact) mass is 424 g/mol. The number of hydrogen-bond acceptors (Lipinski definition) is 4. The zero-order valence-electron chi connectivity index (χ0n) is 10.7. The predicted octanol–water partition coefficient (Wildman–Crippen LogP) is 3.62. The Morgan fingerprint density at radius 3 is 2.57 bits per heavy atom. The van der Waals surface area contributed by atoms with E-state index in [0.29, 0.717) is 20.1 Å². The number of hydrogen-bond donors (Lipinski definition) is 1. The molecule has 0 radical (unpaired) electrons. The van der Waals surface area contributed by atoms with Crippen molar-refractivity contribution in [1.29, 1.82) is 0 Å². The largest absolute Gasteiger partial charge is 0.389 e. The van der Waals surface area contributed by atoms with E-state index in [2.05, 4.69) is 15.9 Å². The smallest absolute Gasteiger partial charge is 0.273 e. The quantitative estimate of drug-likeness (QED) is 0.760. The van der Waals surface area contributed by atoms with E-state index in [9.17, 15) is 8.42 Å². The molecule has 2 N–H and O–H groups in total. The molecule has 0 spiro atoms. The number of nitrogens with two attached hydrogens (primary N) is 1. The summed E-state index contributed by atoms with van der Waals surface area (Å²) in [5.74, 6) is 0. The normalized spacial score (nSPS) is 11.4. The highest BCUT2D eigenvalue weighted by Gasteiger charge is 2.26. The van der Waals surface area contributed by atoms with E-state index < -0.39 is 10.0 Å². The second-order valence-electron chi connectivity index (χ2n) is 4.04. The van der Waals surface area contributed by atoms with Gasteiger partial charge in [0, 0.05) is 12.6 Å². The lowest BCUT2D eigenvalue weighted by Gasteiger charge is -2.21. The molecular formula is C12H10BrClN2O2S3. The topological polar surface area (TPSA) is 63.4 Å². The maximum absolute atomic E-state index is 12.6. The maximum Gasteiger partial charge on any atom is 0.273 e. The number of rotatable bonds is 4. The fraction of sp³-hybridized carbons (Fsp3) is 0.0833. The first-order valence-electron chi connectivity index (χ1n) is 5.57. The van der Waals surface area contributed by atoms with Crippen molar-refractivity contribution in [3.8, 4) is 0 Å². The molecule has 21 heavy (non-hydrogen) atoms. The Morgan fingerprint density at radius 2 is 2.05 bits per heavy atom. The molecule has 0 fully saturated rings. The van der Waals surface area contributed by atoms with Crippen molar-refractivity contribution in [2.45, 2.75) is 4.21 Å². The average molecular weight is 426 g/mol. The van der Waals surface area contributed by atoms with Crippen LogP contribution in [-0.2, 0) is 10.0 Å². The molecule has 1 aromatic heterocycles. The van der Waals surface area contributed by atoms with Gasteiger partial charge in [0.25, 0.3) is 10.0 Å². The van der Waals surface area contributed by atoms with Crippen LogP contribution in [-0.4, -0.2) is 20.5 Å². The van der Waals surface area contributed by atoms with Crippen LogP contribution >= 0.6 is 51.1 Å². The lowest BCUT2D eigenvalue weighted by Crippen LogP contribution is -2.28. The van der Waals surface area contributed by atoms with Crippen LogP contribution in [0.5, 0.6) is 0 Å². The molecule has 1 heterocycles. The van der Waals surface area contributed by atoms with Crippen LogP contribution in [0.15, 0.2) is 38.3 Å². The van der Waals surface area contributed by atoms with Gasteiger partial charge in [0.1, 0.15) is 9.20 Å². The van der Waals surface area contributed by atoms with Crippen LogP contribution in [0.3, 0.4) is 0 Å². The second-order valence-corrected chi connectivity index (χ2v) is 9.45. The predicted molar refractivity (Wildman–Crippen MR) is 94.9 cm³/mol. The number of halogens is 2. The van der Waals surface area contributed by atoms with Crippen LogP contribution < -0.4 is 10.0 Å². The van der Waals surface area contributed by atoms with Crippen molar-refractivity contribution in [2.24, 2.45) is 5.73 Å². The van der Waals surface area contributed by atoms with E-state index in [4.69, 9.17) is 29.6 Å². The van der Waals surface area contributed by atoms with Gasteiger partial charge in [-0.3, -0.25) is 4.31 Å². The number of sulfonamides is 1. The van der Waals surface area contributed by atoms with Gasteiger partial charge in [-0.2, -0.15) is 0 Å². The first-order chi connectivity index (χ1) is 9.75. The molecule has 0 amide bonds. The van der Waals surface area contributed by atoms with Crippen molar-refractivity contribution >= 4 is 71.8 Å². The summed E-state index contributed by atoms with van der Waals surface area (Å²) < 4.78 is 27.1. The van der Waals surface area contributed by atoms with Crippen LogP contribution in [0.1, 0.15) is 5.56 Å². The number of benzene rings is 1. The highest BCUT2D eigenvalue weighted by Crippen LogP contribution is 2.37. The van der Waals surface area contributed by atoms with E-state index in [-0.39, 0.29) is 9.20 Å². The fourth-order valence-corrected chi connectivity index (χ4v) is 5.63. The van der Waals surface area contributed by atoms with Gasteiger partial charge < -0.3 is 5.73 Å². The minimum absolute atomic E-state index is 0.137. The zero-order valence-corrected chi connectivity index (χ0v) is 15.5. The van der Waals surface area contributed by atoms with Gasteiger partial charge in [-0.1, -0.05) is 36.0 Å². The number of anilines is 1. The first-order valence-corrected chi connectivity index (χ1v) is 9.41. The summed E-state index contributed by atoms with van der Waals surface area (Å²) in [5.41, 5.74) is 6.57. The first kappa shape index (κ1) is 16.7. The Kier molecular flexibility index (Phi) is 4.94. The van der Waals surface area contributed by atoms with Crippen molar-refractivity contribution in [3.63, 3.8) is 0 Å². The summed E-state index contributed by atoms with van der Waals surface area (Å²) in [6.07, 6.45) is 0. The number of thiocarbonyl (C=S) groups is 1. The summed E-state index contributed by atoms with van der Waals surface area (Å²) in [6, 6.07) is 8.21. The Morgan fingerprint density at radius 1 is 1.43 bits per heavy atom. The van der Waals surface area contributed by atoms with Crippen molar-refractivity contribution < 1.29 is 8.42 Å². The molecular weight excluding hydrogens is 416 g/mol. The average Bonchev–Trinajstić information content (AvgIpc) is 2.78. The van der Waals surface area contributed by atoms with Crippen molar-refractivity contribution in [1.82, 2.24) is 0 Å². The molecule has 0 aliphatic rings. The van der Waals surface area contributed by atoms with E-state index >= 15 is 0 Å². The van der Waals surface area contributed by atoms with Gasteiger partial charge in [0.15, 0.2) is 0 Å². The molecule has 2 rings (SSSR count). The Bertz CT molecular complexity index is 785. The molecule has 0 bridgehead atoms. The summed E-state index contributed by atoms with van der Waals surface area (Å²) in [6.45, 7) is 0. The van der Waals surface area contributed by atoms with Gasteiger partial charge in [0.2, 0.25) is 0 Å². The van der Waals surface area contributed by atoms with E-state index in [1.807, 2.05) is 0 Å². The summed E-state index contributed by atoms with van der Waals surface area (Å²) >= 11 is 15.1. The third kappa shape index (κ3) is 3.24. The summed E-state index contributed by atoms with van der Waals surface area (Å²) in [7, 11) is -2.28. The third-order valence-corrected chi connectivity index (χ3v) is 7.66. The molecule has 1 aromatic carbocycles. The van der Waals surface area contributed by atoms with Gasteiger partial charge in [-0.15, -0.1) is 11.3 Å². The van der Waals surface area contributed by atoms with Crippen molar-refractivity contribution in [3.05, 3.63) is 44.7 Å². The van der Waals surface area contributed by atoms with E-state index in [1.54, 1.807) is 24.3 Å². The lowest BCUT2D eigenvalue weighted by molar-refractivity contribution is 0.596. The fourth-order valence-electron chi connectivity index (χ4n) is 1.67. The molecule has 0 unspecified atom stereocenters. The molecule has 4 nitrogen and oxygen atoms in total. The molecule has 112 valence electrons. The minimum atomic E-state index is -3.73. The number of nitrogens with zero attached hydrogens (tertiary/aromatic N) is 1. The van der Waals surface area contributed by atoms with Crippen LogP contribution in [0.2, 0.25) is 5.02 Å². The molecule has 0 saturated carbocycles. The second kappa shape index (κ2) is 6.21. The SMILES string of the molecule is CN(c1ccccc1C(N)=S)S(=O)(=O)c1cc(Cl)c(Br)s1. The van der Waals surface area contributed by atoms with Gasteiger partial charge >= 0.3 is 0 Å². The van der Waals surface area contributed by atoms with E-state index in [0.717, 1.165) is 15.6 Å². The van der Waals surface area contributed by atoms with Gasteiger partial charge in [-0.25, -0.2) is 8.42 Å². The zero-order chi connectivity index (χ0) is 15.8. The molecule has 0 aliphatic carbocycles. The highest BCUT2D eigenvalue weighted by molar-refractivity contribution is 9.11. The standard InChI is InChI=1S/C12H10BrClN2O2S3/c1-16(9-5-3-2-4-7(9)12(15)19)21(17,18)10-6-8(14)11(13)20-10/h2-6H,1H3,(H2,15,19). The maximum atomic E-state index is 12.6. The number of para-hydroxylation sites is 1. The van der Waals surface area contributed by atoms with Crippen LogP contribution in [0.25, 0.3) is 0 Å². The summed E-state index contributed by atoms with van der Waals surface area (Å²) in [4.78, 5) is 0.137. The Labute approximate surface area is 145 Å². The molecule has 9 heteroatoms. The lowest BCUT2D eigenvalue weighted by atomic mass is 10.2. The van der Waals surface area contributed by atoms with Crippen LogP contribution in [0, 0.1) is 0 Å². The Hall–Kier alpha value is -0.670. The highest BCUT2D eigenvalue weighted by atomic mass is 79.9. The summed E-state index contributed by atoms with van der Waals surface area (Å²) in [5, 5.41) is 0.356. The third-order valence-electron chi connectivity index (χ3n) is 2.75. The molecule has 0 aliphatic heterocycles. The van der Waals surface area contributed by atoms with Crippen LogP contribution in [0.4, 0.5) is 5.69 Å². The number of thiophene rings is 1. The molecule has 2 aromatic rings. The van der Waals surface area contributed by atoms with E-state index in [1.165, 1.54) is 13.1 Å². The molecule has 0 saturated heterocycles. The minimum Gasteiger partial charge on any atom is -0.389 e. The van der Waals surface area contributed by atoms with Gasteiger partial charge in [-0.05, 0) is 34.1 Å².